The van der Waals surface area contributed by atoms with Crippen molar-refractivity contribution in [2.75, 3.05) is 0 Å². The number of Topliss-reactive ketones (excluding diaryl/α,β-unsaturated/α-hetero) is 1. The average Bonchev–Trinajstić information content (AvgIpc) is 2.55. The van der Waals surface area contributed by atoms with E-state index in [2.05, 4.69) is 0 Å². The third-order valence-electron chi connectivity index (χ3n) is 3.16. The molecule has 0 spiro atoms. The molecular formula is C14H18O5. The van der Waals surface area contributed by atoms with Gasteiger partial charge in [-0.05, 0) is 26.8 Å². The normalized spacial score (nSPS) is 29.2. The standard InChI is InChI=1S/C14H18O5/c1-4-5-6-7-10(15)8-11(16)14(3)12(17)9(2)13(18)19-14/h4-7,9,11,16H,8H2,1-3H3/b5-4+,7-6+/t9-,11+,14+/m0/s1. The highest BCUT2D eigenvalue weighted by molar-refractivity contribution is 6.09. The monoisotopic (exact) mass is 266 g/mol. The van der Waals surface area contributed by atoms with E-state index in [9.17, 15) is 19.5 Å². The number of rotatable bonds is 5. The summed E-state index contributed by atoms with van der Waals surface area (Å²) in [6.45, 7) is 4.57. The fourth-order valence-electron chi connectivity index (χ4n) is 1.84. The van der Waals surface area contributed by atoms with Crippen LogP contribution in [0.25, 0.3) is 0 Å². The van der Waals surface area contributed by atoms with Crippen molar-refractivity contribution in [2.24, 2.45) is 5.92 Å². The molecule has 1 fully saturated rings. The van der Waals surface area contributed by atoms with Crippen LogP contribution in [0.5, 0.6) is 0 Å². The molecule has 3 atom stereocenters. The van der Waals surface area contributed by atoms with E-state index in [0.717, 1.165) is 0 Å². The summed E-state index contributed by atoms with van der Waals surface area (Å²) < 4.78 is 4.93. The second kappa shape index (κ2) is 5.93. The predicted molar refractivity (Wildman–Crippen MR) is 68.3 cm³/mol. The zero-order chi connectivity index (χ0) is 14.6. The van der Waals surface area contributed by atoms with Crippen LogP contribution in [-0.2, 0) is 19.1 Å². The Morgan fingerprint density at radius 1 is 1.47 bits per heavy atom. The van der Waals surface area contributed by atoms with Gasteiger partial charge >= 0.3 is 5.97 Å². The molecule has 0 aromatic carbocycles. The molecule has 1 aliphatic heterocycles. The Balaban J connectivity index is 2.73. The number of carbonyl (C=O) groups excluding carboxylic acids is 3. The molecule has 1 rings (SSSR count). The zero-order valence-corrected chi connectivity index (χ0v) is 11.3. The predicted octanol–water partition coefficient (Wildman–Crippen LogP) is 0.960. The topological polar surface area (TPSA) is 80.7 Å². The molecule has 1 aliphatic rings. The molecule has 0 aliphatic carbocycles. The number of cyclic esters (lactones) is 1. The molecule has 1 saturated heterocycles. The van der Waals surface area contributed by atoms with E-state index in [4.69, 9.17) is 4.74 Å². The maximum atomic E-state index is 11.9. The second-order valence-corrected chi connectivity index (χ2v) is 4.69. The minimum atomic E-state index is -1.62. The molecule has 1 N–H and O–H groups in total. The van der Waals surface area contributed by atoms with Crippen LogP contribution in [0.1, 0.15) is 27.2 Å². The van der Waals surface area contributed by atoms with Crippen molar-refractivity contribution in [3.8, 4) is 0 Å². The summed E-state index contributed by atoms with van der Waals surface area (Å²) in [7, 11) is 0. The van der Waals surface area contributed by atoms with Crippen molar-refractivity contribution in [1.82, 2.24) is 0 Å². The van der Waals surface area contributed by atoms with E-state index in [-0.39, 0.29) is 12.2 Å². The first-order chi connectivity index (χ1) is 8.82. The van der Waals surface area contributed by atoms with Crippen molar-refractivity contribution < 1.29 is 24.2 Å². The van der Waals surface area contributed by atoms with Gasteiger partial charge in [0.15, 0.2) is 17.2 Å². The van der Waals surface area contributed by atoms with Gasteiger partial charge in [0.25, 0.3) is 0 Å². The Kier molecular flexibility index (Phi) is 4.78. The Labute approximate surface area is 111 Å². The smallest absolute Gasteiger partial charge is 0.317 e. The molecule has 0 amide bonds. The summed E-state index contributed by atoms with van der Waals surface area (Å²) in [5.74, 6) is -2.39. The molecule has 0 saturated carbocycles. The van der Waals surface area contributed by atoms with Gasteiger partial charge in [-0.25, -0.2) is 0 Å². The summed E-state index contributed by atoms with van der Waals surface area (Å²) in [5, 5.41) is 9.97. The number of ketones is 2. The fraction of sp³-hybridized carbons (Fsp3) is 0.500. The molecular weight excluding hydrogens is 248 g/mol. The third-order valence-corrected chi connectivity index (χ3v) is 3.16. The van der Waals surface area contributed by atoms with Gasteiger partial charge in [0.1, 0.15) is 12.0 Å². The van der Waals surface area contributed by atoms with Crippen molar-refractivity contribution in [2.45, 2.75) is 38.9 Å². The van der Waals surface area contributed by atoms with Gasteiger partial charge in [0.2, 0.25) is 0 Å². The first kappa shape index (κ1) is 15.3. The molecule has 1 heterocycles. The molecule has 0 bridgehead atoms. The van der Waals surface area contributed by atoms with Gasteiger partial charge < -0.3 is 9.84 Å². The molecule has 0 aromatic heterocycles. The van der Waals surface area contributed by atoms with Crippen molar-refractivity contribution >= 4 is 17.5 Å². The van der Waals surface area contributed by atoms with Crippen LogP contribution in [0.15, 0.2) is 24.3 Å². The number of esters is 1. The number of hydrogen-bond donors (Lipinski definition) is 1. The highest BCUT2D eigenvalue weighted by atomic mass is 16.6. The summed E-state index contributed by atoms with van der Waals surface area (Å²) in [4.78, 5) is 34.8. The SMILES string of the molecule is C/C=C/C=C/C(=O)C[C@@H](O)[C@@]1(C)OC(=O)[C@@H](C)C1=O. The van der Waals surface area contributed by atoms with Crippen molar-refractivity contribution in [3.05, 3.63) is 24.3 Å². The average molecular weight is 266 g/mol. The van der Waals surface area contributed by atoms with Gasteiger partial charge in [-0.1, -0.05) is 18.2 Å². The first-order valence-electron chi connectivity index (χ1n) is 6.10. The Bertz CT molecular complexity index is 449. The lowest BCUT2D eigenvalue weighted by atomic mass is 9.87. The molecule has 104 valence electrons. The minimum Gasteiger partial charge on any atom is -0.448 e. The number of aliphatic hydroxyl groups excluding tert-OH is 1. The summed E-state index contributed by atoms with van der Waals surface area (Å²) in [5.41, 5.74) is -1.62. The van der Waals surface area contributed by atoms with E-state index < -0.39 is 29.4 Å². The Morgan fingerprint density at radius 3 is 2.58 bits per heavy atom. The van der Waals surface area contributed by atoms with Crippen LogP contribution in [0.2, 0.25) is 0 Å². The number of allylic oxidation sites excluding steroid dienone is 4. The minimum absolute atomic E-state index is 0.268. The fourth-order valence-corrected chi connectivity index (χ4v) is 1.84. The van der Waals surface area contributed by atoms with E-state index in [1.54, 1.807) is 18.2 Å². The first-order valence-corrected chi connectivity index (χ1v) is 6.10. The van der Waals surface area contributed by atoms with E-state index in [1.165, 1.54) is 19.9 Å². The highest BCUT2D eigenvalue weighted by Gasteiger charge is 2.54. The lowest BCUT2D eigenvalue weighted by molar-refractivity contribution is -0.162. The maximum Gasteiger partial charge on any atom is 0.317 e. The van der Waals surface area contributed by atoms with Crippen LogP contribution in [0, 0.1) is 5.92 Å². The van der Waals surface area contributed by atoms with Gasteiger partial charge in [-0.2, -0.15) is 0 Å². The third kappa shape index (κ3) is 3.17. The molecule has 0 radical (unpaired) electrons. The summed E-state index contributed by atoms with van der Waals surface area (Å²) in [6.07, 6.45) is 4.67. The number of ether oxygens (including phenoxy) is 1. The van der Waals surface area contributed by atoms with Crippen LogP contribution in [0.4, 0.5) is 0 Å². The zero-order valence-electron chi connectivity index (χ0n) is 11.3. The van der Waals surface area contributed by atoms with Crippen molar-refractivity contribution in [1.29, 1.82) is 0 Å². The Morgan fingerprint density at radius 2 is 2.11 bits per heavy atom. The van der Waals surface area contributed by atoms with Gasteiger partial charge in [-0.15, -0.1) is 0 Å². The lowest BCUT2D eigenvalue weighted by Crippen LogP contribution is -2.46. The van der Waals surface area contributed by atoms with E-state index >= 15 is 0 Å². The number of aliphatic hydroxyl groups is 1. The maximum absolute atomic E-state index is 11.9. The van der Waals surface area contributed by atoms with Gasteiger partial charge in [0, 0.05) is 6.42 Å². The van der Waals surface area contributed by atoms with Gasteiger partial charge in [0.05, 0.1) is 0 Å². The lowest BCUT2D eigenvalue weighted by Gasteiger charge is -2.26. The molecule has 19 heavy (non-hydrogen) atoms. The second-order valence-electron chi connectivity index (χ2n) is 4.69. The van der Waals surface area contributed by atoms with Crippen molar-refractivity contribution in [3.63, 3.8) is 0 Å². The quantitative estimate of drug-likeness (QED) is 0.347. The van der Waals surface area contributed by atoms with Crippen LogP contribution in [-0.4, -0.2) is 34.3 Å². The molecule has 5 heteroatoms. The van der Waals surface area contributed by atoms with Gasteiger partial charge in [-0.3, -0.25) is 14.4 Å². The van der Waals surface area contributed by atoms with Crippen LogP contribution in [0.3, 0.4) is 0 Å². The van der Waals surface area contributed by atoms with E-state index in [0.29, 0.717) is 0 Å². The molecule has 0 aromatic rings. The summed E-state index contributed by atoms with van der Waals surface area (Å²) >= 11 is 0. The van der Waals surface area contributed by atoms with E-state index in [1.807, 2.05) is 6.92 Å². The molecule has 0 unspecified atom stereocenters. The van der Waals surface area contributed by atoms with Crippen LogP contribution < -0.4 is 0 Å². The summed E-state index contributed by atoms with van der Waals surface area (Å²) in [6, 6.07) is 0. The number of hydrogen-bond acceptors (Lipinski definition) is 5. The van der Waals surface area contributed by atoms with Crippen LogP contribution >= 0.6 is 0 Å². The Hall–Kier alpha value is -1.75. The number of carbonyl (C=O) groups is 3. The highest BCUT2D eigenvalue weighted by Crippen LogP contribution is 2.31. The molecule has 5 nitrogen and oxygen atoms in total. The largest absolute Gasteiger partial charge is 0.448 e.